The molecule has 0 amide bonds. The van der Waals surface area contributed by atoms with Gasteiger partial charge in [0.15, 0.2) is 29.2 Å². The van der Waals surface area contributed by atoms with Crippen LogP contribution in [0.15, 0.2) is 78.4 Å². The van der Waals surface area contributed by atoms with Gasteiger partial charge in [0.2, 0.25) is 5.78 Å². The molecule has 1 aliphatic heterocycles. The largest absolute Gasteiger partial charge is 0.482 e. The zero-order valence-corrected chi connectivity index (χ0v) is 25.7. The third-order valence-electron chi connectivity index (χ3n) is 11.4. The first-order chi connectivity index (χ1) is 21.2. The molecule has 6 unspecified atom stereocenters. The van der Waals surface area contributed by atoms with Gasteiger partial charge in [0.05, 0.1) is 12.2 Å². The number of ketones is 2. The number of fused-ring (bicyclic) bond motifs is 7. The Labute approximate surface area is 259 Å². The highest BCUT2D eigenvalue weighted by Crippen LogP contribution is 2.69. The topological polar surface area (TPSA) is 91.3 Å². The summed E-state index contributed by atoms with van der Waals surface area (Å²) in [5, 5.41) is 12.0. The van der Waals surface area contributed by atoms with Gasteiger partial charge in [0.25, 0.3) is 0 Å². The van der Waals surface area contributed by atoms with E-state index < -0.39 is 29.5 Å². The highest BCUT2D eigenvalue weighted by molar-refractivity contribution is 6.01. The zero-order chi connectivity index (χ0) is 30.7. The first-order valence-electron chi connectivity index (χ1n) is 16.1. The minimum atomic E-state index is -1.23. The Morgan fingerprint density at radius 3 is 2.59 bits per heavy atom. The van der Waals surface area contributed by atoms with Crippen molar-refractivity contribution in [3.05, 3.63) is 78.4 Å². The Kier molecular flexibility index (Phi) is 7.34. The lowest BCUT2D eigenvalue weighted by Crippen LogP contribution is -2.63. The molecular weight excluding hydrogens is 556 g/mol. The van der Waals surface area contributed by atoms with Crippen molar-refractivity contribution < 1.29 is 33.6 Å². The number of hydrogen-bond acceptors (Lipinski definition) is 7. The monoisotopic (exact) mass is 598 g/mol. The number of carbonyl (C=O) groups excluding carboxylic acids is 2. The lowest BCUT2D eigenvalue weighted by molar-refractivity contribution is -0.200. The number of Topliss-reactive ketones (excluding diaryl/α,β-unsaturated/α-hetero) is 1. The van der Waals surface area contributed by atoms with Crippen LogP contribution in [-0.4, -0.2) is 47.4 Å². The molecule has 4 fully saturated rings. The van der Waals surface area contributed by atoms with Crippen LogP contribution in [0, 0.1) is 28.6 Å². The third-order valence-corrected chi connectivity index (χ3v) is 11.4. The molecule has 7 heteroatoms. The van der Waals surface area contributed by atoms with E-state index in [9.17, 15) is 14.7 Å². The van der Waals surface area contributed by atoms with Crippen molar-refractivity contribution in [3.63, 3.8) is 0 Å². The van der Waals surface area contributed by atoms with Crippen molar-refractivity contribution >= 4 is 11.6 Å². The summed E-state index contributed by atoms with van der Waals surface area (Å²) in [4.78, 5) is 26.8. The van der Waals surface area contributed by atoms with Crippen molar-refractivity contribution in [1.29, 1.82) is 0 Å². The summed E-state index contributed by atoms with van der Waals surface area (Å²) >= 11 is 0. The molecule has 3 saturated carbocycles. The quantitative estimate of drug-likeness (QED) is 0.366. The molecule has 4 aliphatic carbocycles. The van der Waals surface area contributed by atoms with E-state index in [-0.39, 0.29) is 41.3 Å². The van der Waals surface area contributed by atoms with E-state index in [2.05, 4.69) is 20.8 Å². The van der Waals surface area contributed by atoms with E-state index in [4.69, 9.17) is 18.9 Å². The summed E-state index contributed by atoms with van der Waals surface area (Å²) in [6.45, 7) is 6.18. The van der Waals surface area contributed by atoms with Gasteiger partial charge >= 0.3 is 0 Å². The Morgan fingerprint density at radius 2 is 1.82 bits per heavy atom. The minimum absolute atomic E-state index is 0.0190. The summed E-state index contributed by atoms with van der Waals surface area (Å²) < 4.78 is 25.6. The fourth-order valence-corrected chi connectivity index (χ4v) is 9.53. The van der Waals surface area contributed by atoms with Gasteiger partial charge in [-0.2, -0.15) is 0 Å². The molecule has 0 spiro atoms. The van der Waals surface area contributed by atoms with Crippen LogP contribution in [0.2, 0.25) is 0 Å². The molecular formula is C37H42O7. The number of ether oxygens (including phenoxy) is 4. The van der Waals surface area contributed by atoms with Gasteiger partial charge in [-0.15, -0.1) is 0 Å². The second kappa shape index (κ2) is 11.0. The molecule has 1 saturated heterocycles. The van der Waals surface area contributed by atoms with E-state index in [0.29, 0.717) is 36.5 Å². The SMILES string of the molecule is CCCC1O[C@@H]2CC3C4CCC5=CC(=O)C=CC5(C)C4[C@@H](O)CC3(C)[C@]2(C(=O)COc2ccccc2Oc2ccccc2)O1. The second-order valence-corrected chi connectivity index (χ2v) is 13.7. The normalized spacial score (nSPS) is 38.6. The highest BCUT2D eigenvalue weighted by atomic mass is 16.7. The molecule has 0 radical (unpaired) electrons. The van der Waals surface area contributed by atoms with Crippen molar-refractivity contribution in [2.75, 3.05) is 6.61 Å². The number of hydrogen-bond donors (Lipinski definition) is 1. The Balaban J connectivity index is 1.19. The number of benzene rings is 2. The van der Waals surface area contributed by atoms with E-state index in [1.807, 2.05) is 54.6 Å². The zero-order valence-electron chi connectivity index (χ0n) is 25.7. The second-order valence-electron chi connectivity index (χ2n) is 13.7. The van der Waals surface area contributed by atoms with Crippen LogP contribution in [0.3, 0.4) is 0 Å². The third kappa shape index (κ3) is 4.42. The van der Waals surface area contributed by atoms with E-state index in [0.717, 1.165) is 24.8 Å². The predicted octanol–water partition coefficient (Wildman–Crippen LogP) is 6.60. The number of para-hydroxylation sites is 3. The highest BCUT2D eigenvalue weighted by Gasteiger charge is 2.75. The van der Waals surface area contributed by atoms with Crippen LogP contribution < -0.4 is 9.47 Å². The van der Waals surface area contributed by atoms with Gasteiger partial charge in [-0.1, -0.05) is 69.2 Å². The Bertz CT molecular complexity index is 1500. The van der Waals surface area contributed by atoms with Crippen molar-refractivity contribution in [3.8, 4) is 17.2 Å². The number of carbonyl (C=O) groups is 2. The molecule has 0 aromatic heterocycles. The molecule has 7 nitrogen and oxygen atoms in total. The molecule has 232 valence electrons. The average Bonchev–Trinajstić information content (AvgIpc) is 3.49. The van der Waals surface area contributed by atoms with E-state index in [1.54, 1.807) is 18.2 Å². The van der Waals surface area contributed by atoms with Crippen molar-refractivity contribution in [2.24, 2.45) is 28.6 Å². The van der Waals surface area contributed by atoms with Gasteiger partial charge in [0.1, 0.15) is 12.4 Å². The number of rotatable bonds is 8. The van der Waals surface area contributed by atoms with Gasteiger partial charge < -0.3 is 24.1 Å². The van der Waals surface area contributed by atoms with Crippen LogP contribution in [0.4, 0.5) is 0 Å². The summed E-state index contributed by atoms with van der Waals surface area (Å²) in [6, 6.07) is 16.8. The predicted molar refractivity (Wildman–Crippen MR) is 164 cm³/mol. The van der Waals surface area contributed by atoms with Crippen LogP contribution in [0.1, 0.15) is 59.3 Å². The lowest BCUT2D eigenvalue weighted by atomic mass is 9.46. The fourth-order valence-electron chi connectivity index (χ4n) is 9.53. The maximum Gasteiger partial charge on any atom is 0.205 e. The van der Waals surface area contributed by atoms with Gasteiger partial charge in [-0.3, -0.25) is 9.59 Å². The number of allylic oxidation sites excluding steroid dienone is 4. The average molecular weight is 599 g/mol. The molecule has 1 heterocycles. The molecule has 9 atom stereocenters. The van der Waals surface area contributed by atoms with E-state index >= 15 is 0 Å². The Morgan fingerprint density at radius 1 is 1.07 bits per heavy atom. The van der Waals surface area contributed by atoms with Crippen LogP contribution in [0.25, 0.3) is 0 Å². The molecule has 2 aromatic rings. The first kappa shape index (κ1) is 29.5. The molecule has 1 N–H and O–H groups in total. The van der Waals surface area contributed by atoms with Crippen molar-refractivity contribution in [1.82, 2.24) is 0 Å². The minimum Gasteiger partial charge on any atom is -0.482 e. The van der Waals surface area contributed by atoms with Crippen LogP contribution in [-0.2, 0) is 19.1 Å². The standard InChI is InChI=1S/C37H42O7/c1-4-10-33-43-32-20-27-26-16-15-23-19-24(38)17-18-35(23,2)34(26)28(39)21-36(27,3)37(32,44-33)31(40)22-41-29-13-8-9-14-30(29)42-25-11-6-5-7-12-25/h5-9,11-14,17-19,26-28,32-34,39H,4,10,15-16,20-22H2,1-3H3/t26?,27?,28-,32+,33?,34?,35?,36?,37+/m0/s1. The molecule has 5 aliphatic rings. The fraction of sp³-hybridized carbons (Fsp3) is 0.514. The van der Waals surface area contributed by atoms with Gasteiger partial charge in [0, 0.05) is 16.7 Å². The van der Waals surface area contributed by atoms with E-state index in [1.165, 1.54) is 0 Å². The summed E-state index contributed by atoms with van der Waals surface area (Å²) in [5.41, 5.74) is -1.15. The summed E-state index contributed by atoms with van der Waals surface area (Å²) in [7, 11) is 0. The molecule has 2 aromatic carbocycles. The maximum atomic E-state index is 14.6. The molecule has 0 bridgehead atoms. The number of aliphatic hydroxyl groups is 1. The van der Waals surface area contributed by atoms with Crippen molar-refractivity contribution in [2.45, 2.75) is 83.4 Å². The van der Waals surface area contributed by atoms with Crippen LogP contribution >= 0.6 is 0 Å². The first-order valence-corrected chi connectivity index (χ1v) is 16.1. The van der Waals surface area contributed by atoms with Gasteiger partial charge in [-0.25, -0.2) is 0 Å². The summed E-state index contributed by atoms with van der Waals surface area (Å²) in [6.07, 6.45) is 8.23. The Hall–Kier alpha value is -3.26. The van der Waals surface area contributed by atoms with Gasteiger partial charge in [-0.05, 0) is 80.4 Å². The molecule has 44 heavy (non-hydrogen) atoms. The molecule has 7 rings (SSSR count). The maximum absolute atomic E-state index is 14.6. The smallest absolute Gasteiger partial charge is 0.205 e. The summed E-state index contributed by atoms with van der Waals surface area (Å²) in [5.74, 6) is 1.78. The van der Waals surface area contributed by atoms with Crippen LogP contribution in [0.5, 0.6) is 17.2 Å². The number of aliphatic hydroxyl groups excluding tert-OH is 1. The lowest BCUT2D eigenvalue weighted by Gasteiger charge is -2.59.